The molecule has 0 bridgehead atoms. The van der Waals surface area contributed by atoms with Crippen molar-refractivity contribution in [2.45, 2.75) is 25.0 Å². The van der Waals surface area contributed by atoms with Crippen LogP contribution < -0.4 is 14.7 Å². The van der Waals surface area contributed by atoms with E-state index >= 15 is 0 Å². The van der Waals surface area contributed by atoms with E-state index in [1.54, 1.807) is 16.1 Å². The van der Waals surface area contributed by atoms with Crippen LogP contribution in [0.3, 0.4) is 0 Å². The van der Waals surface area contributed by atoms with E-state index in [9.17, 15) is 13.2 Å². The van der Waals surface area contributed by atoms with Crippen molar-refractivity contribution < 1.29 is 13.2 Å². The predicted octanol–water partition coefficient (Wildman–Crippen LogP) is 2.20. The summed E-state index contributed by atoms with van der Waals surface area (Å²) in [5.74, 6) is 0.882. The zero-order valence-electron chi connectivity index (χ0n) is 17.6. The Hall–Kier alpha value is -2.65. The van der Waals surface area contributed by atoms with E-state index in [-0.39, 0.29) is 11.2 Å². The van der Waals surface area contributed by atoms with E-state index in [0.29, 0.717) is 39.3 Å². The summed E-state index contributed by atoms with van der Waals surface area (Å²) >= 11 is 0. The monoisotopic (exact) mass is 441 g/mol. The number of carbonyl (C=O) groups excluding carboxylic acids is 1. The molecule has 2 fully saturated rings. The summed E-state index contributed by atoms with van der Waals surface area (Å²) in [5, 5.41) is -0.147. The molecule has 0 spiro atoms. The average Bonchev–Trinajstić information content (AvgIpc) is 3.65. The molecule has 2 aromatic rings. The van der Waals surface area contributed by atoms with Gasteiger partial charge in [0.2, 0.25) is 15.9 Å². The Balaban J connectivity index is 1.30. The van der Waals surface area contributed by atoms with Crippen LogP contribution >= 0.6 is 0 Å². The SMILES string of the molecule is CC(=O)N1CCN(c2ccc(N3CCN(S(=O)(=O)C4CC4)CC3)cn2)c2ccccc21. The maximum Gasteiger partial charge on any atom is 0.223 e. The van der Waals surface area contributed by atoms with Crippen molar-refractivity contribution in [3.05, 3.63) is 42.6 Å². The first-order chi connectivity index (χ1) is 14.9. The third-order valence-electron chi connectivity index (χ3n) is 6.31. The quantitative estimate of drug-likeness (QED) is 0.724. The molecular formula is C22H27N5O3S. The summed E-state index contributed by atoms with van der Waals surface area (Å²) in [4.78, 5) is 22.8. The largest absolute Gasteiger partial charge is 0.368 e. The minimum absolute atomic E-state index is 0.0400. The number of carbonyl (C=O) groups is 1. The summed E-state index contributed by atoms with van der Waals surface area (Å²) in [6.45, 7) is 5.30. The van der Waals surface area contributed by atoms with E-state index in [2.05, 4.69) is 9.80 Å². The molecule has 1 aliphatic carbocycles. The molecule has 3 aliphatic rings. The highest BCUT2D eigenvalue weighted by Gasteiger charge is 2.41. The summed E-state index contributed by atoms with van der Waals surface area (Å²) in [6.07, 6.45) is 3.47. The van der Waals surface area contributed by atoms with E-state index in [0.717, 1.165) is 35.7 Å². The molecule has 1 aromatic carbocycles. The van der Waals surface area contributed by atoms with Crippen LogP contribution in [0.2, 0.25) is 0 Å². The van der Waals surface area contributed by atoms with Gasteiger partial charge in [-0.3, -0.25) is 4.79 Å². The molecule has 1 saturated heterocycles. The molecule has 31 heavy (non-hydrogen) atoms. The minimum Gasteiger partial charge on any atom is -0.368 e. The molecule has 3 heterocycles. The van der Waals surface area contributed by atoms with Gasteiger partial charge in [-0.05, 0) is 37.1 Å². The molecule has 1 aromatic heterocycles. The Labute approximate surface area is 183 Å². The van der Waals surface area contributed by atoms with Crippen molar-refractivity contribution in [2.24, 2.45) is 0 Å². The molecule has 2 aliphatic heterocycles. The molecule has 0 unspecified atom stereocenters. The van der Waals surface area contributed by atoms with Crippen LogP contribution in [0.1, 0.15) is 19.8 Å². The number of aromatic nitrogens is 1. The topological polar surface area (TPSA) is 77.1 Å². The third-order valence-corrected chi connectivity index (χ3v) is 8.71. The van der Waals surface area contributed by atoms with Gasteiger partial charge in [-0.25, -0.2) is 13.4 Å². The van der Waals surface area contributed by atoms with Crippen LogP contribution in [0.5, 0.6) is 0 Å². The molecule has 164 valence electrons. The van der Waals surface area contributed by atoms with Gasteiger partial charge in [0.1, 0.15) is 5.82 Å². The lowest BCUT2D eigenvalue weighted by molar-refractivity contribution is -0.116. The first-order valence-electron chi connectivity index (χ1n) is 10.8. The van der Waals surface area contributed by atoms with Gasteiger partial charge in [0.05, 0.1) is 28.5 Å². The van der Waals surface area contributed by atoms with E-state index < -0.39 is 10.0 Å². The average molecular weight is 442 g/mol. The third kappa shape index (κ3) is 3.76. The number of fused-ring (bicyclic) bond motifs is 1. The summed E-state index contributed by atoms with van der Waals surface area (Å²) in [6, 6.07) is 11.9. The highest BCUT2D eigenvalue weighted by molar-refractivity contribution is 7.90. The Morgan fingerprint density at radius 3 is 2.26 bits per heavy atom. The van der Waals surface area contributed by atoms with Crippen molar-refractivity contribution in [1.82, 2.24) is 9.29 Å². The molecule has 1 amide bonds. The van der Waals surface area contributed by atoms with Gasteiger partial charge in [0.25, 0.3) is 0 Å². The van der Waals surface area contributed by atoms with Crippen molar-refractivity contribution in [1.29, 1.82) is 0 Å². The molecule has 9 heteroatoms. The maximum atomic E-state index is 12.4. The molecule has 5 rings (SSSR count). The van der Waals surface area contributed by atoms with Crippen molar-refractivity contribution in [2.75, 3.05) is 54.0 Å². The molecule has 8 nitrogen and oxygen atoms in total. The van der Waals surface area contributed by atoms with Gasteiger partial charge in [0.15, 0.2) is 0 Å². The van der Waals surface area contributed by atoms with Gasteiger partial charge in [-0.2, -0.15) is 4.31 Å². The molecule has 0 radical (unpaired) electrons. The smallest absolute Gasteiger partial charge is 0.223 e. The van der Waals surface area contributed by atoms with Crippen molar-refractivity contribution in [3.8, 4) is 0 Å². The van der Waals surface area contributed by atoms with E-state index in [1.165, 1.54) is 0 Å². The van der Waals surface area contributed by atoms with Gasteiger partial charge >= 0.3 is 0 Å². The fraction of sp³-hybridized carbons (Fsp3) is 0.455. The first kappa shape index (κ1) is 20.3. The fourth-order valence-corrected chi connectivity index (χ4v) is 6.25. The number of pyridine rings is 1. The second kappa shape index (κ2) is 7.80. The number of sulfonamides is 1. The van der Waals surface area contributed by atoms with Crippen LogP contribution in [0.15, 0.2) is 42.6 Å². The summed E-state index contributed by atoms with van der Waals surface area (Å²) < 4.78 is 26.5. The Morgan fingerprint density at radius 2 is 1.65 bits per heavy atom. The number of rotatable bonds is 4. The lowest BCUT2D eigenvalue weighted by atomic mass is 10.1. The molecule has 1 saturated carbocycles. The first-order valence-corrected chi connectivity index (χ1v) is 12.3. The molecule has 0 atom stereocenters. The fourth-order valence-electron chi connectivity index (χ4n) is 4.43. The predicted molar refractivity (Wildman–Crippen MR) is 121 cm³/mol. The van der Waals surface area contributed by atoms with Crippen LogP contribution in [0, 0.1) is 0 Å². The number of benzene rings is 1. The summed E-state index contributed by atoms with van der Waals surface area (Å²) in [5.41, 5.74) is 2.88. The Morgan fingerprint density at radius 1 is 0.935 bits per heavy atom. The van der Waals surface area contributed by atoms with Crippen molar-refractivity contribution >= 4 is 38.8 Å². The van der Waals surface area contributed by atoms with Crippen LogP contribution in [0.4, 0.5) is 22.9 Å². The van der Waals surface area contributed by atoms with Crippen LogP contribution in [-0.2, 0) is 14.8 Å². The second-order valence-corrected chi connectivity index (χ2v) is 10.5. The van der Waals surface area contributed by atoms with Crippen molar-refractivity contribution in [3.63, 3.8) is 0 Å². The summed E-state index contributed by atoms with van der Waals surface area (Å²) in [7, 11) is -3.10. The highest BCUT2D eigenvalue weighted by atomic mass is 32.2. The number of piperazine rings is 1. The number of anilines is 4. The number of hydrogen-bond donors (Lipinski definition) is 0. The van der Waals surface area contributed by atoms with E-state index in [4.69, 9.17) is 4.98 Å². The lowest BCUT2D eigenvalue weighted by Gasteiger charge is -2.37. The number of amides is 1. The maximum absolute atomic E-state index is 12.4. The molecular weight excluding hydrogens is 414 g/mol. The normalized spacial score (nSPS) is 20.0. The number of nitrogens with zero attached hydrogens (tertiary/aromatic N) is 5. The Bertz CT molecular complexity index is 1080. The van der Waals surface area contributed by atoms with Gasteiger partial charge in [-0.15, -0.1) is 0 Å². The van der Waals surface area contributed by atoms with Gasteiger partial charge in [0, 0.05) is 46.2 Å². The van der Waals surface area contributed by atoms with E-state index in [1.807, 2.05) is 42.6 Å². The second-order valence-electron chi connectivity index (χ2n) is 8.32. The standard InChI is InChI=1S/C22H27N5O3S/c1-17(28)26-14-15-27(21-5-3-2-4-20(21)26)22-9-6-18(16-23-22)24-10-12-25(13-11-24)31(29,30)19-7-8-19/h2-6,9,16,19H,7-8,10-15H2,1H3. The highest BCUT2D eigenvalue weighted by Crippen LogP contribution is 2.37. The van der Waals surface area contributed by atoms with Gasteiger partial charge < -0.3 is 14.7 Å². The zero-order valence-corrected chi connectivity index (χ0v) is 18.5. The number of hydrogen-bond acceptors (Lipinski definition) is 6. The van der Waals surface area contributed by atoms with Crippen LogP contribution in [0.25, 0.3) is 0 Å². The Kier molecular flexibility index (Phi) is 5.10. The van der Waals surface area contributed by atoms with Crippen LogP contribution in [-0.4, -0.2) is 68.1 Å². The van der Waals surface area contributed by atoms with Gasteiger partial charge in [-0.1, -0.05) is 12.1 Å². The zero-order chi connectivity index (χ0) is 21.6. The number of para-hydroxylation sites is 2. The lowest BCUT2D eigenvalue weighted by Crippen LogP contribution is -2.49. The minimum atomic E-state index is -3.10. The molecule has 0 N–H and O–H groups in total.